The molecular formula is C22H34N2O3S2. The van der Waals surface area contributed by atoms with E-state index in [1.807, 2.05) is 13.0 Å². The number of carbonyl (C=O) groups excluding carboxylic acids is 2. The molecule has 0 aliphatic rings. The van der Waals surface area contributed by atoms with Gasteiger partial charge in [-0.25, -0.2) is 4.98 Å². The van der Waals surface area contributed by atoms with Crippen molar-refractivity contribution in [3.8, 4) is 0 Å². The largest absolute Gasteiger partial charge is 0.444 e. The molecule has 162 valence electrons. The first-order valence-electron chi connectivity index (χ1n) is 10.0. The van der Waals surface area contributed by atoms with Crippen LogP contribution in [0.3, 0.4) is 0 Å². The van der Waals surface area contributed by atoms with Crippen LogP contribution in [0, 0.1) is 0 Å². The Hall–Kier alpha value is -1.47. The number of Topliss-reactive ketones (excluding diaryl/α,β-unsaturated/α-hetero) is 1. The summed E-state index contributed by atoms with van der Waals surface area (Å²) in [5.41, 5.74) is -0.0555. The third kappa shape index (κ3) is 11.3. The molecule has 1 heterocycles. The van der Waals surface area contributed by atoms with Gasteiger partial charge < -0.3 is 14.5 Å². The fraction of sp³-hybridized carbons (Fsp3) is 0.591. The molecule has 0 radical (unpaired) electrons. The Labute approximate surface area is 183 Å². The standard InChI is InChI=1S/C22H34N2O3S2/c1-7-21(28-15-20-23-14-18(27-20)22(4,5)6)29-17(3)24-19(26)13-11-9-8-10-12-16(2)25/h7,14H,3,8-13,15H2,1-2,4-6H3,(H,24,26)/b21-7-. The van der Waals surface area contributed by atoms with Crippen LogP contribution in [0.2, 0.25) is 0 Å². The van der Waals surface area contributed by atoms with Gasteiger partial charge in [0.1, 0.15) is 11.5 Å². The molecule has 1 N–H and O–H groups in total. The highest BCUT2D eigenvalue weighted by molar-refractivity contribution is 8.23. The van der Waals surface area contributed by atoms with Crippen molar-refractivity contribution in [1.29, 1.82) is 0 Å². The summed E-state index contributed by atoms with van der Waals surface area (Å²) in [6.45, 7) is 13.8. The van der Waals surface area contributed by atoms with Crippen molar-refractivity contribution in [2.45, 2.75) is 84.3 Å². The highest BCUT2D eigenvalue weighted by Crippen LogP contribution is 2.35. The molecule has 0 bridgehead atoms. The monoisotopic (exact) mass is 438 g/mol. The number of hydrogen-bond donors (Lipinski definition) is 1. The van der Waals surface area contributed by atoms with E-state index in [1.165, 1.54) is 11.8 Å². The number of carbonyl (C=O) groups is 2. The number of aromatic nitrogens is 1. The normalized spacial score (nSPS) is 12.1. The average Bonchev–Trinajstić information content (AvgIpc) is 3.10. The molecule has 0 spiro atoms. The van der Waals surface area contributed by atoms with Gasteiger partial charge in [-0.2, -0.15) is 0 Å². The maximum absolute atomic E-state index is 12.0. The van der Waals surface area contributed by atoms with Gasteiger partial charge in [-0.05, 0) is 26.7 Å². The molecule has 29 heavy (non-hydrogen) atoms. The van der Waals surface area contributed by atoms with Crippen LogP contribution in [0.25, 0.3) is 0 Å². The van der Waals surface area contributed by atoms with Gasteiger partial charge in [0, 0.05) is 22.5 Å². The number of hydrogen-bond acceptors (Lipinski definition) is 6. The minimum Gasteiger partial charge on any atom is -0.444 e. The predicted octanol–water partition coefficient (Wildman–Crippen LogP) is 6.32. The SMILES string of the molecule is C=C(NC(=O)CCCCCCC(C)=O)S/C(=C\C)SCc1ncc(C(C)(C)C)o1. The first kappa shape index (κ1) is 25.6. The summed E-state index contributed by atoms with van der Waals surface area (Å²) in [6, 6.07) is 0. The smallest absolute Gasteiger partial charge is 0.224 e. The molecular weight excluding hydrogens is 404 g/mol. The molecule has 0 fully saturated rings. The van der Waals surface area contributed by atoms with E-state index in [9.17, 15) is 9.59 Å². The zero-order valence-corrected chi connectivity index (χ0v) is 19.9. The lowest BCUT2D eigenvalue weighted by molar-refractivity contribution is -0.120. The van der Waals surface area contributed by atoms with Crippen LogP contribution in [0.5, 0.6) is 0 Å². The lowest BCUT2D eigenvalue weighted by atomic mass is 9.94. The second kappa shape index (κ2) is 13.0. The number of nitrogens with one attached hydrogen (secondary N) is 1. The maximum Gasteiger partial charge on any atom is 0.224 e. The maximum atomic E-state index is 12.0. The Morgan fingerprint density at radius 3 is 2.41 bits per heavy atom. The molecule has 0 aliphatic carbocycles. The zero-order chi connectivity index (χ0) is 21.9. The molecule has 7 heteroatoms. The van der Waals surface area contributed by atoms with E-state index in [2.05, 4.69) is 37.7 Å². The molecule has 5 nitrogen and oxygen atoms in total. The van der Waals surface area contributed by atoms with Crippen LogP contribution in [0.4, 0.5) is 0 Å². The van der Waals surface area contributed by atoms with E-state index < -0.39 is 0 Å². The summed E-state index contributed by atoms with van der Waals surface area (Å²) in [5, 5.41) is 3.48. The second-order valence-corrected chi connectivity index (χ2v) is 10.4. The van der Waals surface area contributed by atoms with Gasteiger partial charge in [0.05, 0.1) is 17.0 Å². The van der Waals surface area contributed by atoms with Crippen molar-refractivity contribution in [3.05, 3.63) is 39.8 Å². The van der Waals surface area contributed by atoms with Gasteiger partial charge in [0.15, 0.2) is 0 Å². The summed E-state index contributed by atoms with van der Waals surface area (Å²) < 4.78 is 6.86. The van der Waals surface area contributed by atoms with Crippen LogP contribution < -0.4 is 5.32 Å². The van der Waals surface area contributed by atoms with Crippen LogP contribution in [0.1, 0.15) is 84.8 Å². The molecule has 0 atom stereocenters. The first-order chi connectivity index (χ1) is 13.6. The van der Waals surface area contributed by atoms with E-state index in [0.717, 1.165) is 35.7 Å². The number of thioether (sulfide) groups is 2. The lowest BCUT2D eigenvalue weighted by Gasteiger charge is -2.13. The molecule has 1 aromatic rings. The van der Waals surface area contributed by atoms with Crippen LogP contribution in [0.15, 0.2) is 32.5 Å². The third-order valence-corrected chi connectivity index (χ3v) is 6.35. The summed E-state index contributed by atoms with van der Waals surface area (Å²) in [5.74, 6) is 2.41. The number of amides is 1. The van der Waals surface area contributed by atoms with Gasteiger partial charge in [-0.1, -0.05) is 58.0 Å². The van der Waals surface area contributed by atoms with E-state index in [-0.39, 0.29) is 17.1 Å². The van der Waals surface area contributed by atoms with Crippen molar-refractivity contribution in [2.24, 2.45) is 0 Å². The average molecular weight is 439 g/mol. The minimum atomic E-state index is -0.0555. The van der Waals surface area contributed by atoms with E-state index in [0.29, 0.717) is 29.5 Å². The molecule has 0 saturated carbocycles. The Bertz CT molecular complexity index is 718. The van der Waals surface area contributed by atoms with E-state index in [4.69, 9.17) is 4.42 Å². The van der Waals surface area contributed by atoms with E-state index >= 15 is 0 Å². The molecule has 0 saturated heterocycles. The number of oxazole rings is 1. The van der Waals surface area contributed by atoms with Gasteiger partial charge >= 0.3 is 0 Å². The summed E-state index contributed by atoms with van der Waals surface area (Å²) in [6.07, 6.45) is 8.57. The third-order valence-electron chi connectivity index (χ3n) is 4.05. The van der Waals surface area contributed by atoms with Gasteiger partial charge in [0.25, 0.3) is 0 Å². The molecule has 0 aromatic carbocycles. The van der Waals surface area contributed by atoms with Gasteiger partial charge in [-0.15, -0.1) is 11.8 Å². The first-order valence-corrected chi connectivity index (χ1v) is 11.8. The fourth-order valence-corrected chi connectivity index (χ4v) is 4.21. The number of rotatable bonds is 13. The van der Waals surface area contributed by atoms with Crippen molar-refractivity contribution in [1.82, 2.24) is 10.3 Å². The number of unbranched alkanes of at least 4 members (excludes halogenated alkanes) is 3. The van der Waals surface area contributed by atoms with Gasteiger partial charge in [0.2, 0.25) is 11.8 Å². The van der Waals surface area contributed by atoms with Gasteiger partial charge in [-0.3, -0.25) is 4.79 Å². The minimum absolute atomic E-state index is 0.0166. The Morgan fingerprint density at radius 2 is 1.86 bits per heavy atom. The Morgan fingerprint density at radius 1 is 1.21 bits per heavy atom. The Balaban J connectivity index is 2.29. The number of nitrogens with zero attached hydrogens (tertiary/aromatic N) is 1. The number of allylic oxidation sites excluding steroid dienone is 1. The van der Waals surface area contributed by atoms with Crippen LogP contribution in [-0.4, -0.2) is 16.7 Å². The highest BCUT2D eigenvalue weighted by Gasteiger charge is 2.19. The topological polar surface area (TPSA) is 72.2 Å². The van der Waals surface area contributed by atoms with Crippen molar-refractivity contribution >= 4 is 35.2 Å². The Kier molecular flexibility index (Phi) is 11.4. The highest BCUT2D eigenvalue weighted by atomic mass is 32.2. The van der Waals surface area contributed by atoms with Crippen LogP contribution >= 0.6 is 23.5 Å². The summed E-state index contributed by atoms with van der Waals surface area (Å²) in [4.78, 5) is 27.3. The summed E-state index contributed by atoms with van der Waals surface area (Å²) >= 11 is 3.06. The second-order valence-electron chi connectivity index (χ2n) is 7.95. The predicted molar refractivity (Wildman–Crippen MR) is 124 cm³/mol. The zero-order valence-electron chi connectivity index (χ0n) is 18.3. The van der Waals surface area contributed by atoms with Crippen molar-refractivity contribution in [3.63, 3.8) is 0 Å². The molecule has 0 unspecified atom stereocenters. The molecule has 1 rings (SSSR count). The molecule has 1 amide bonds. The summed E-state index contributed by atoms with van der Waals surface area (Å²) in [7, 11) is 0. The molecule has 1 aromatic heterocycles. The quantitative estimate of drug-likeness (QED) is 0.363. The lowest BCUT2D eigenvalue weighted by Crippen LogP contribution is -2.20. The van der Waals surface area contributed by atoms with Crippen molar-refractivity contribution in [2.75, 3.05) is 0 Å². The van der Waals surface area contributed by atoms with Crippen LogP contribution in [-0.2, 0) is 20.8 Å². The fourth-order valence-electron chi connectivity index (χ4n) is 2.41. The number of ketones is 1. The van der Waals surface area contributed by atoms with Crippen molar-refractivity contribution < 1.29 is 14.0 Å². The molecule has 0 aliphatic heterocycles. The van der Waals surface area contributed by atoms with E-state index in [1.54, 1.807) is 24.9 Å².